The largest absolute Gasteiger partial charge is 0.465 e. The first-order chi connectivity index (χ1) is 12.6. The molecule has 3 rings (SSSR count). The predicted molar refractivity (Wildman–Crippen MR) is 114 cm³/mol. The highest BCUT2D eigenvalue weighted by molar-refractivity contribution is 8.27. The normalized spacial score (nSPS) is 16.2. The van der Waals surface area contributed by atoms with E-state index >= 15 is 0 Å². The van der Waals surface area contributed by atoms with Crippen molar-refractivity contribution >= 4 is 51.7 Å². The van der Waals surface area contributed by atoms with Crippen molar-refractivity contribution in [3.63, 3.8) is 0 Å². The number of rotatable bonds is 6. The summed E-state index contributed by atoms with van der Waals surface area (Å²) in [5.41, 5.74) is 1.93. The fraction of sp³-hybridized carbons (Fsp3) is 0.200. The number of hydrogen-bond acceptors (Lipinski definition) is 5. The summed E-state index contributed by atoms with van der Waals surface area (Å²) in [4.78, 5) is 17.2. The highest BCUT2D eigenvalue weighted by Crippen LogP contribution is 2.35. The van der Waals surface area contributed by atoms with E-state index in [0.717, 1.165) is 30.2 Å². The van der Waals surface area contributed by atoms with Gasteiger partial charge in [-0.3, -0.25) is 9.69 Å². The molecule has 1 amide bonds. The van der Waals surface area contributed by atoms with Gasteiger partial charge in [0.1, 0.15) is 5.76 Å². The summed E-state index contributed by atoms with van der Waals surface area (Å²) in [6, 6.07) is 11.6. The van der Waals surface area contributed by atoms with E-state index in [1.807, 2.05) is 42.5 Å². The highest BCUT2D eigenvalue weighted by Gasteiger charge is 2.32. The lowest BCUT2D eigenvalue weighted by Crippen LogP contribution is -2.27. The van der Waals surface area contributed by atoms with Crippen LogP contribution in [-0.2, 0) is 4.79 Å². The van der Waals surface area contributed by atoms with Crippen LogP contribution in [0.3, 0.4) is 0 Å². The second-order valence-corrected chi connectivity index (χ2v) is 7.28. The Bertz CT molecular complexity index is 835. The standard InChI is InChI=1S/C20H20N2O2S2/c1-3-21(4-2)15-10-12-16(13-11-15)22-19(23)18(26-20(22)25)9-5-7-17-8-6-14-24-17/h5-14H,3-4H2,1-2H3/b7-5+,18-9-. The minimum Gasteiger partial charge on any atom is -0.465 e. The Hall–Kier alpha value is -2.31. The lowest BCUT2D eigenvalue weighted by atomic mass is 10.2. The fourth-order valence-electron chi connectivity index (χ4n) is 2.72. The van der Waals surface area contributed by atoms with Crippen LogP contribution in [0.5, 0.6) is 0 Å². The molecule has 1 fully saturated rings. The van der Waals surface area contributed by atoms with Crippen molar-refractivity contribution in [3.8, 4) is 0 Å². The number of hydrogen-bond donors (Lipinski definition) is 0. The third-order valence-corrected chi connectivity index (χ3v) is 5.40. The van der Waals surface area contributed by atoms with E-state index in [9.17, 15) is 4.79 Å². The van der Waals surface area contributed by atoms with Gasteiger partial charge in [-0.2, -0.15) is 0 Å². The lowest BCUT2D eigenvalue weighted by Gasteiger charge is -2.22. The molecule has 2 aromatic rings. The van der Waals surface area contributed by atoms with Crippen LogP contribution < -0.4 is 9.80 Å². The quantitative estimate of drug-likeness (QED) is 0.512. The number of nitrogens with zero attached hydrogens (tertiary/aromatic N) is 2. The van der Waals surface area contributed by atoms with Crippen LogP contribution in [-0.4, -0.2) is 23.3 Å². The number of carbonyl (C=O) groups is 1. The number of thiocarbonyl (C=S) groups is 1. The molecule has 0 spiro atoms. The first-order valence-electron chi connectivity index (χ1n) is 8.47. The molecule has 4 nitrogen and oxygen atoms in total. The third kappa shape index (κ3) is 3.92. The van der Waals surface area contributed by atoms with Gasteiger partial charge in [-0.25, -0.2) is 0 Å². The zero-order chi connectivity index (χ0) is 18.5. The average Bonchev–Trinajstić information content (AvgIpc) is 3.25. The van der Waals surface area contributed by atoms with Gasteiger partial charge in [-0.15, -0.1) is 0 Å². The molecular formula is C20H20N2O2S2. The van der Waals surface area contributed by atoms with Crippen molar-refractivity contribution in [2.75, 3.05) is 22.9 Å². The summed E-state index contributed by atoms with van der Waals surface area (Å²) in [6.45, 7) is 6.14. The number of thioether (sulfide) groups is 1. The fourth-order valence-corrected chi connectivity index (χ4v) is 3.97. The Morgan fingerprint density at radius 3 is 2.54 bits per heavy atom. The van der Waals surface area contributed by atoms with E-state index < -0.39 is 0 Å². The first-order valence-corrected chi connectivity index (χ1v) is 9.69. The molecule has 0 saturated carbocycles. The molecule has 0 aliphatic carbocycles. The van der Waals surface area contributed by atoms with Gasteiger partial charge in [0.2, 0.25) is 0 Å². The van der Waals surface area contributed by atoms with Crippen molar-refractivity contribution in [2.45, 2.75) is 13.8 Å². The molecule has 2 heterocycles. The topological polar surface area (TPSA) is 36.7 Å². The molecule has 6 heteroatoms. The minimum atomic E-state index is -0.0975. The molecule has 1 aromatic heterocycles. The van der Waals surface area contributed by atoms with Gasteiger partial charge in [0.15, 0.2) is 4.32 Å². The van der Waals surface area contributed by atoms with Gasteiger partial charge >= 0.3 is 0 Å². The second kappa shape index (κ2) is 8.38. The molecule has 0 atom stereocenters. The molecule has 1 aliphatic heterocycles. The molecular weight excluding hydrogens is 364 g/mol. The second-order valence-electron chi connectivity index (χ2n) is 5.60. The molecule has 0 unspecified atom stereocenters. The maximum absolute atomic E-state index is 12.7. The number of allylic oxidation sites excluding steroid dienone is 2. The number of carbonyl (C=O) groups excluding carboxylic acids is 1. The maximum atomic E-state index is 12.7. The Kier molecular flexibility index (Phi) is 5.96. The van der Waals surface area contributed by atoms with E-state index in [-0.39, 0.29) is 5.91 Å². The highest BCUT2D eigenvalue weighted by atomic mass is 32.2. The summed E-state index contributed by atoms with van der Waals surface area (Å²) < 4.78 is 5.78. The van der Waals surface area contributed by atoms with Gasteiger partial charge in [0.05, 0.1) is 16.9 Å². The van der Waals surface area contributed by atoms with Crippen molar-refractivity contribution < 1.29 is 9.21 Å². The van der Waals surface area contributed by atoms with Crippen molar-refractivity contribution in [3.05, 3.63) is 65.5 Å². The van der Waals surface area contributed by atoms with Crippen LogP contribution in [0.1, 0.15) is 19.6 Å². The smallest absolute Gasteiger partial charge is 0.270 e. The molecule has 1 aliphatic rings. The predicted octanol–water partition coefficient (Wildman–Crippen LogP) is 5.09. The number of benzene rings is 1. The minimum absolute atomic E-state index is 0.0975. The average molecular weight is 385 g/mol. The van der Waals surface area contributed by atoms with Crippen LogP contribution in [0, 0.1) is 0 Å². The van der Waals surface area contributed by atoms with Crippen LogP contribution >= 0.6 is 24.0 Å². The Labute approximate surface area is 163 Å². The van der Waals surface area contributed by atoms with E-state index in [1.165, 1.54) is 11.8 Å². The first kappa shape index (κ1) is 18.5. The molecule has 26 heavy (non-hydrogen) atoms. The van der Waals surface area contributed by atoms with E-state index in [1.54, 1.807) is 23.3 Å². The van der Waals surface area contributed by atoms with Crippen molar-refractivity contribution in [1.82, 2.24) is 0 Å². The lowest BCUT2D eigenvalue weighted by molar-refractivity contribution is -0.113. The summed E-state index contributed by atoms with van der Waals surface area (Å²) in [5.74, 6) is 0.642. The zero-order valence-corrected chi connectivity index (χ0v) is 16.3. The molecule has 134 valence electrons. The molecule has 1 saturated heterocycles. The van der Waals surface area contributed by atoms with Gasteiger partial charge in [0, 0.05) is 18.8 Å². The van der Waals surface area contributed by atoms with Crippen LogP contribution in [0.15, 0.2) is 64.1 Å². The number of furan rings is 1. The van der Waals surface area contributed by atoms with Crippen LogP contribution in [0.25, 0.3) is 6.08 Å². The number of amides is 1. The van der Waals surface area contributed by atoms with Gasteiger partial charge in [-0.1, -0.05) is 30.1 Å². The summed E-state index contributed by atoms with van der Waals surface area (Å²) >= 11 is 6.72. The van der Waals surface area contributed by atoms with Crippen LogP contribution in [0.4, 0.5) is 11.4 Å². The van der Waals surface area contributed by atoms with Gasteiger partial charge in [0.25, 0.3) is 5.91 Å². The Morgan fingerprint density at radius 1 is 1.19 bits per heavy atom. The summed E-state index contributed by atoms with van der Waals surface area (Å²) in [6.07, 6.45) is 6.99. The van der Waals surface area contributed by atoms with Crippen LogP contribution in [0.2, 0.25) is 0 Å². The molecule has 1 aromatic carbocycles. The molecule has 0 N–H and O–H groups in total. The Balaban J connectivity index is 1.76. The van der Waals surface area contributed by atoms with Gasteiger partial charge in [-0.05, 0) is 62.4 Å². The Morgan fingerprint density at radius 2 is 1.92 bits per heavy atom. The van der Waals surface area contributed by atoms with E-state index in [4.69, 9.17) is 16.6 Å². The van der Waals surface area contributed by atoms with Crippen molar-refractivity contribution in [1.29, 1.82) is 0 Å². The molecule has 0 bridgehead atoms. The van der Waals surface area contributed by atoms with E-state index in [2.05, 4.69) is 18.7 Å². The summed E-state index contributed by atoms with van der Waals surface area (Å²) in [5, 5.41) is 0. The number of anilines is 2. The molecule has 0 radical (unpaired) electrons. The monoisotopic (exact) mass is 384 g/mol. The summed E-state index contributed by atoms with van der Waals surface area (Å²) in [7, 11) is 0. The third-order valence-electron chi connectivity index (χ3n) is 4.08. The SMILES string of the molecule is CCN(CC)c1ccc(N2C(=O)/C(=C/C=C/c3ccco3)SC2=S)cc1. The van der Waals surface area contributed by atoms with E-state index in [0.29, 0.717) is 9.23 Å². The zero-order valence-electron chi connectivity index (χ0n) is 14.7. The van der Waals surface area contributed by atoms with Crippen molar-refractivity contribution in [2.24, 2.45) is 0 Å². The van der Waals surface area contributed by atoms with Gasteiger partial charge < -0.3 is 9.32 Å². The maximum Gasteiger partial charge on any atom is 0.270 e.